The lowest BCUT2D eigenvalue weighted by atomic mass is 10.2. The third-order valence-corrected chi connectivity index (χ3v) is 2.35. The molecule has 3 heteroatoms. The molecule has 0 aliphatic rings. The highest BCUT2D eigenvalue weighted by atomic mass is 16.5. The molecular formula is C13H22N2O. The van der Waals surface area contributed by atoms with E-state index in [4.69, 9.17) is 10.5 Å². The number of hydrogen-bond donors (Lipinski definition) is 2. The monoisotopic (exact) mass is 222 g/mol. The zero-order valence-electron chi connectivity index (χ0n) is 10.2. The van der Waals surface area contributed by atoms with Crippen molar-refractivity contribution in [3.63, 3.8) is 0 Å². The fraction of sp³-hybridized carbons (Fsp3) is 0.538. The molecule has 0 saturated heterocycles. The molecular weight excluding hydrogens is 200 g/mol. The maximum atomic E-state index is 5.62. The van der Waals surface area contributed by atoms with Crippen molar-refractivity contribution < 1.29 is 4.74 Å². The second kappa shape index (κ2) is 7.25. The first-order valence-electron chi connectivity index (χ1n) is 5.89. The van der Waals surface area contributed by atoms with E-state index in [0.717, 1.165) is 31.8 Å². The van der Waals surface area contributed by atoms with Crippen LogP contribution < -0.4 is 11.1 Å². The lowest BCUT2D eigenvalue weighted by molar-refractivity contribution is 0.0662. The molecule has 0 spiro atoms. The number of hydrogen-bond acceptors (Lipinski definition) is 3. The maximum absolute atomic E-state index is 5.62. The standard InChI is InChI=1S/C13H22N2O/c1-3-8-16-11(2)9-15-10-12-4-6-13(14)7-5-12/h4-7,11,15H,3,8-10,14H2,1-2H3/t11-/m1/s1. The second-order valence-corrected chi connectivity index (χ2v) is 4.05. The van der Waals surface area contributed by atoms with Crippen LogP contribution in [-0.2, 0) is 11.3 Å². The maximum Gasteiger partial charge on any atom is 0.0671 e. The second-order valence-electron chi connectivity index (χ2n) is 4.05. The van der Waals surface area contributed by atoms with Crippen LogP contribution in [0.3, 0.4) is 0 Å². The van der Waals surface area contributed by atoms with Crippen molar-refractivity contribution in [2.24, 2.45) is 0 Å². The fourth-order valence-electron chi connectivity index (χ4n) is 1.43. The third kappa shape index (κ3) is 5.14. The topological polar surface area (TPSA) is 47.3 Å². The predicted molar refractivity (Wildman–Crippen MR) is 68.3 cm³/mol. The van der Waals surface area contributed by atoms with Gasteiger partial charge in [0.05, 0.1) is 6.10 Å². The van der Waals surface area contributed by atoms with Crippen molar-refractivity contribution >= 4 is 5.69 Å². The van der Waals surface area contributed by atoms with Crippen LogP contribution in [0.15, 0.2) is 24.3 Å². The van der Waals surface area contributed by atoms with E-state index in [1.54, 1.807) is 0 Å². The Labute approximate surface area is 98.0 Å². The van der Waals surface area contributed by atoms with Gasteiger partial charge in [-0.25, -0.2) is 0 Å². The van der Waals surface area contributed by atoms with Crippen molar-refractivity contribution in [1.82, 2.24) is 5.32 Å². The summed E-state index contributed by atoms with van der Waals surface area (Å²) >= 11 is 0. The van der Waals surface area contributed by atoms with Gasteiger partial charge in [0.2, 0.25) is 0 Å². The van der Waals surface area contributed by atoms with Crippen molar-refractivity contribution in [2.45, 2.75) is 32.9 Å². The van der Waals surface area contributed by atoms with Gasteiger partial charge in [-0.15, -0.1) is 0 Å². The Hall–Kier alpha value is -1.06. The van der Waals surface area contributed by atoms with Gasteiger partial charge < -0.3 is 15.8 Å². The Morgan fingerprint density at radius 1 is 1.31 bits per heavy atom. The van der Waals surface area contributed by atoms with Crippen LogP contribution in [0.25, 0.3) is 0 Å². The van der Waals surface area contributed by atoms with Crippen LogP contribution >= 0.6 is 0 Å². The van der Waals surface area contributed by atoms with E-state index in [0.29, 0.717) is 0 Å². The Morgan fingerprint density at radius 2 is 2.00 bits per heavy atom. The Morgan fingerprint density at radius 3 is 2.62 bits per heavy atom. The molecule has 0 aliphatic heterocycles. The Kier molecular flexibility index (Phi) is 5.90. The number of anilines is 1. The van der Waals surface area contributed by atoms with Gasteiger partial charge in [-0.3, -0.25) is 0 Å². The third-order valence-electron chi connectivity index (χ3n) is 2.35. The average molecular weight is 222 g/mol. The van der Waals surface area contributed by atoms with E-state index in [9.17, 15) is 0 Å². The molecule has 0 unspecified atom stereocenters. The summed E-state index contributed by atoms with van der Waals surface area (Å²) in [5.41, 5.74) is 7.67. The Bertz CT molecular complexity index is 284. The average Bonchev–Trinajstić information content (AvgIpc) is 2.29. The minimum absolute atomic E-state index is 0.272. The molecule has 1 aromatic carbocycles. The van der Waals surface area contributed by atoms with Crippen molar-refractivity contribution in [3.05, 3.63) is 29.8 Å². The summed E-state index contributed by atoms with van der Waals surface area (Å²) in [6, 6.07) is 7.93. The molecule has 16 heavy (non-hydrogen) atoms. The first-order chi connectivity index (χ1) is 7.72. The molecule has 0 heterocycles. The van der Waals surface area contributed by atoms with Crippen molar-refractivity contribution in [2.75, 3.05) is 18.9 Å². The van der Waals surface area contributed by atoms with Gasteiger partial charge in [0, 0.05) is 25.4 Å². The number of nitrogen functional groups attached to an aromatic ring is 1. The molecule has 0 saturated carbocycles. The van der Waals surface area contributed by atoms with Gasteiger partial charge in [-0.2, -0.15) is 0 Å². The Balaban J connectivity index is 2.17. The molecule has 3 N–H and O–H groups in total. The molecule has 0 radical (unpaired) electrons. The van der Waals surface area contributed by atoms with E-state index >= 15 is 0 Å². The largest absolute Gasteiger partial charge is 0.399 e. The van der Waals surface area contributed by atoms with Gasteiger partial charge >= 0.3 is 0 Å². The van der Waals surface area contributed by atoms with Crippen LogP contribution in [0.4, 0.5) is 5.69 Å². The summed E-state index contributed by atoms with van der Waals surface area (Å²) in [6.07, 6.45) is 1.34. The van der Waals surface area contributed by atoms with E-state index in [-0.39, 0.29) is 6.10 Å². The van der Waals surface area contributed by atoms with Crippen LogP contribution in [0, 0.1) is 0 Å². The van der Waals surface area contributed by atoms with E-state index in [2.05, 4.69) is 19.2 Å². The van der Waals surface area contributed by atoms with Crippen LogP contribution in [0.1, 0.15) is 25.8 Å². The molecule has 0 aromatic heterocycles. The molecule has 0 aliphatic carbocycles. The predicted octanol–water partition coefficient (Wildman–Crippen LogP) is 2.17. The zero-order valence-corrected chi connectivity index (χ0v) is 10.2. The minimum Gasteiger partial charge on any atom is -0.399 e. The van der Waals surface area contributed by atoms with E-state index in [1.165, 1.54) is 5.56 Å². The summed E-state index contributed by atoms with van der Waals surface area (Å²) in [4.78, 5) is 0. The summed E-state index contributed by atoms with van der Waals surface area (Å²) in [6.45, 7) is 6.79. The molecule has 0 fully saturated rings. The number of rotatable bonds is 7. The molecule has 0 bridgehead atoms. The van der Waals surface area contributed by atoms with E-state index < -0.39 is 0 Å². The SMILES string of the molecule is CCCO[C@H](C)CNCc1ccc(N)cc1. The number of benzene rings is 1. The van der Waals surface area contributed by atoms with Crippen LogP contribution in [-0.4, -0.2) is 19.3 Å². The number of ether oxygens (including phenoxy) is 1. The summed E-state index contributed by atoms with van der Waals surface area (Å²) < 4.78 is 5.57. The van der Waals surface area contributed by atoms with Crippen LogP contribution in [0.2, 0.25) is 0 Å². The number of nitrogens with one attached hydrogen (secondary N) is 1. The van der Waals surface area contributed by atoms with Crippen molar-refractivity contribution in [1.29, 1.82) is 0 Å². The van der Waals surface area contributed by atoms with Crippen molar-refractivity contribution in [3.8, 4) is 0 Å². The normalized spacial score (nSPS) is 12.6. The fourth-order valence-corrected chi connectivity index (χ4v) is 1.43. The molecule has 1 atom stereocenters. The van der Waals surface area contributed by atoms with Gasteiger partial charge in [0.15, 0.2) is 0 Å². The first-order valence-corrected chi connectivity index (χ1v) is 5.89. The quantitative estimate of drug-likeness (QED) is 0.695. The number of nitrogens with two attached hydrogens (primary N) is 1. The molecule has 3 nitrogen and oxygen atoms in total. The first kappa shape index (κ1) is 13.0. The zero-order chi connectivity index (χ0) is 11.8. The van der Waals surface area contributed by atoms with Gasteiger partial charge in [-0.1, -0.05) is 19.1 Å². The minimum atomic E-state index is 0.272. The highest BCUT2D eigenvalue weighted by molar-refractivity contribution is 5.39. The lowest BCUT2D eigenvalue weighted by Gasteiger charge is -2.13. The van der Waals surface area contributed by atoms with Gasteiger partial charge in [-0.05, 0) is 31.0 Å². The van der Waals surface area contributed by atoms with Gasteiger partial charge in [0.1, 0.15) is 0 Å². The van der Waals surface area contributed by atoms with Crippen LogP contribution in [0.5, 0.6) is 0 Å². The lowest BCUT2D eigenvalue weighted by Crippen LogP contribution is -2.26. The molecule has 0 amide bonds. The van der Waals surface area contributed by atoms with Gasteiger partial charge in [0.25, 0.3) is 0 Å². The highest BCUT2D eigenvalue weighted by Crippen LogP contribution is 2.04. The smallest absolute Gasteiger partial charge is 0.0671 e. The summed E-state index contributed by atoms with van der Waals surface area (Å²) in [7, 11) is 0. The molecule has 90 valence electrons. The molecule has 1 rings (SSSR count). The summed E-state index contributed by atoms with van der Waals surface area (Å²) in [5.74, 6) is 0. The summed E-state index contributed by atoms with van der Waals surface area (Å²) in [5, 5.41) is 3.36. The highest BCUT2D eigenvalue weighted by Gasteiger charge is 2.00. The molecule has 1 aromatic rings. The van der Waals surface area contributed by atoms with E-state index in [1.807, 2.05) is 24.3 Å².